The summed E-state index contributed by atoms with van der Waals surface area (Å²) >= 11 is 0. The van der Waals surface area contributed by atoms with Crippen LogP contribution in [-0.4, -0.2) is 22.1 Å². The molecule has 0 unspecified atom stereocenters. The summed E-state index contributed by atoms with van der Waals surface area (Å²) in [4.78, 5) is 12.8. The SMILES string of the molecule is COc1ccccc1Oc1ncnc(Nc2cccc3cccnc23)c1N. The van der Waals surface area contributed by atoms with Crippen molar-refractivity contribution in [1.82, 2.24) is 15.0 Å². The molecule has 0 radical (unpaired) electrons. The van der Waals surface area contributed by atoms with Gasteiger partial charge in [-0.1, -0.05) is 30.3 Å². The van der Waals surface area contributed by atoms with E-state index >= 15 is 0 Å². The predicted octanol–water partition coefficient (Wildman–Crippen LogP) is 4.15. The normalized spacial score (nSPS) is 10.6. The van der Waals surface area contributed by atoms with Crippen molar-refractivity contribution in [3.63, 3.8) is 0 Å². The highest BCUT2D eigenvalue weighted by Crippen LogP contribution is 2.35. The Balaban J connectivity index is 1.68. The van der Waals surface area contributed by atoms with E-state index in [0.717, 1.165) is 16.6 Å². The number of nitrogens with two attached hydrogens (primary N) is 1. The van der Waals surface area contributed by atoms with Crippen molar-refractivity contribution < 1.29 is 9.47 Å². The van der Waals surface area contributed by atoms with Gasteiger partial charge in [0.25, 0.3) is 0 Å². The molecule has 134 valence electrons. The number of ether oxygens (including phenoxy) is 2. The number of nitrogen functional groups attached to an aromatic ring is 1. The molecule has 0 fully saturated rings. The summed E-state index contributed by atoms with van der Waals surface area (Å²) in [6.45, 7) is 0. The van der Waals surface area contributed by atoms with Gasteiger partial charge in [0, 0.05) is 11.6 Å². The molecule has 7 heteroatoms. The number of para-hydroxylation sites is 3. The third-order valence-corrected chi connectivity index (χ3v) is 4.01. The summed E-state index contributed by atoms with van der Waals surface area (Å²) in [5.74, 6) is 1.78. The van der Waals surface area contributed by atoms with Crippen molar-refractivity contribution in [2.24, 2.45) is 0 Å². The summed E-state index contributed by atoms with van der Waals surface area (Å²) in [6.07, 6.45) is 3.13. The maximum absolute atomic E-state index is 6.24. The molecule has 2 aromatic heterocycles. The number of rotatable bonds is 5. The maximum Gasteiger partial charge on any atom is 0.248 e. The van der Waals surface area contributed by atoms with Crippen molar-refractivity contribution in [2.45, 2.75) is 0 Å². The van der Waals surface area contributed by atoms with Crippen LogP contribution in [0.2, 0.25) is 0 Å². The van der Waals surface area contributed by atoms with Gasteiger partial charge in [0.1, 0.15) is 12.0 Å². The lowest BCUT2D eigenvalue weighted by atomic mass is 10.2. The van der Waals surface area contributed by atoms with E-state index in [2.05, 4.69) is 20.3 Å². The number of fused-ring (bicyclic) bond motifs is 1. The number of pyridine rings is 1. The molecule has 0 saturated carbocycles. The summed E-state index contributed by atoms with van der Waals surface area (Å²) in [6, 6.07) is 17.0. The Morgan fingerprint density at radius 3 is 2.56 bits per heavy atom. The first-order valence-electron chi connectivity index (χ1n) is 8.28. The molecule has 0 bridgehead atoms. The molecule has 4 rings (SSSR count). The van der Waals surface area contributed by atoms with Crippen molar-refractivity contribution in [2.75, 3.05) is 18.2 Å². The molecule has 7 nitrogen and oxygen atoms in total. The molecule has 2 aromatic carbocycles. The van der Waals surface area contributed by atoms with Crippen LogP contribution in [0.15, 0.2) is 67.1 Å². The van der Waals surface area contributed by atoms with Crippen LogP contribution in [0, 0.1) is 0 Å². The van der Waals surface area contributed by atoms with Gasteiger partial charge in [0.15, 0.2) is 17.3 Å². The minimum absolute atomic E-state index is 0.241. The number of aromatic nitrogens is 3. The van der Waals surface area contributed by atoms with Crippen molar-refractivity contribution in [1.29, 1.82) is 0 Å². The van der Waals surface area contributed by atoms with E-state index in [9.17, 15) is 0 Å². The lowest BCUT2D eigenvalue weighted by Gasteiger charge is -2.14. The second-order valence-corrected chi connectivity index (χ2v) is 5.70. The zero-order valence-electron chi connectivity index (χ0n) is 14.6. The fraction of sp³-hybridized carbons (Fsp3) is 0.0500. The van der Waals surface area contributed by atoms with Crippen LogP contribution >= 0.6 is 0 Å². The van der Waals surface area contributed by atoms with E-state index in [1.807, 2.05) is 42.5 Å². The Hall–Kier alpha value is -3.87. The maximum atomic E-state index is 6.24. The van der Waals surface area contributed by atoms with Crippen LogP contribution < -0.4 is 20.5 Å². The molecule has 0 saturated heterocycles. The number of methoxy groups -OCH3 is 1. The lowest BCUT2D eigenvalue weighted by molar-refractivity contribution is 0.374. The molecular formula is C20H17N5O2. The number of anilines is 3. The Labute approximate surface area is 155 Å². The van der Waals surface area contributed by atoms with Crippen molar-refractivity contribution in [3.8, 4) is 17.4 Å². The van der Waals surface area contributed by atoms with Crippen LogP contribution in [0.3, 0.4) is 0 Å². The number of benzene rings is 2. The van der Waals surface area contributed by atoms with Gasteiger partial charge < -0.3 is 20.5 Å². The number of hydrogen-bond donors (Lipinski definition) is 2. The van der Waals surface area contributed by atoms with Crippen LogP contribution in [0.5, 0.6) is 17.4 Å². The van der Waals surface area contributed by atoms with Gasteiger partial charge in [0.05, 0.1) is 18.3 Å². The van der Waals surface area contributed by atoms with Gasteiger partial charge in [-0.25, -0.2) is 4.98 Å². The van der Waals surface area contributed by atoms with E-state index in [0.29, 0.717) is 17.3 Å². The Morgan fingerprint density at radius 1 is 0.889 bits per heavy atom. The molecule has 27 heavy (non-hydrogen) atoms. The molecule has 0 spiro atoms. The van der Waals surface area contributed by atoms with Crippen LogP contribution in [0.4, 0.5) is 17.2 Å². The minimum Gasteiger partial charge on any atom is -0.493 e. The second kappa shape index (κ2) is 7.17. The zero-order chi connectivity index (χ0) is 18.6. The highest BCUT2D eigenvalue weighted by molar-refractivity contribution is 5.92. The summed E-state index contributed by atoms with van der Waals surface area (Å²) in [7, 11) is 1.58. The Kier molecular flexibility index (Phi) is 4.40. The molecule has 0 aliphatic heterocycles. The van der Waals surface area contributed by atoms with E-state index < -0.39 is 0 Å². The Bertz CT molecular complexity index is 1100. The average molecular weight is 359 g/mol. The topological polar surface area (TPSA) is 95.2 Å². The van der Waals surface area contributed by atoms with Gasteiger partial charge in [-0.2, -0.15) is 4.98 Å². The lowest BCUT2D eigenvalue weighted by Crippen LogP contribution is -2.04. The fourth-order valence-corrected chi connectivity index (χ4v) is 2.70. The van der Waals surface area contributed by atoms with Crippen LogP contribution in [-0.2, 0) is 0 Å². The van der Waals surface area contributed by atoms with E-state index in [4.69, 9.17) is 15.2 Å². The third-order valence-electron chi connectivity index (χ3n) is 4.01. The first kappa shape index (κ1) is 16.6. The molecular weight excluding hydrogens is 342 g/mol. The predicted molar refractivity (Wildman–Crippen MR) is 105 cm³/mol. The zero-order valence-corrected chi connectivity index (χ0v) is 14.6. The number of nitrogens with zero attached hydrogens (tertiary/aromatic N) is 3. The summed E-state index contributed by atoms with van der Waals surface area (Å²) < 4.78 is 11.1. The van der Waals surface area contributed by atoms with Gasteiger partial charge in [-0.05, 0) is 24.3 Å². The molecule has 4 aromatic rings. The first-order valence-corrected chi connectivity index (χ1v) is 8.28. The molecule has 3 N–H and O–H groups in total. The molecule has 2 heterocycles. The molecule has 0 atom stereocenters. The highest BCUT2D eigenvalue weighted by Gasteiger charge is 2.14. The standard InChI is InChI=1S/C20H17N5O2/c1-26-15-9-2-3-10-16(15)27-20-17(21)19(23-12-24-20)25-14-8-4-6-13-7-5-11-22-18(13)14/h2-12H,21H2,1H3,(H,23,24,25). The summed E-state index contributed by atoms with van der Waals surface area (Å²) in [5, 5.41) is 4.23. The Morgan fingerprint density at radius 2 is 1.70 bits per heavy atom. The average Bonchev–Trinajstić information content (AvgIpc) is 2.71. The minimum atomic E-state index is 0.241. The molecule has 0 amide bonds. The fourth-order valence-electron chi connectivity index (χ4n) is 2.70. The van der Waals surface area contributed by atoms with Gasteiger partial charge >= 0.3 is 0 Å². The highest BCUT2D eigenvalue weighted by atomic mass is 16.5. The van der Waals surface area contributed by atoms with Gasteiger partial charge in [0.2, 0.25) is 5.88 Å². The second-order valence-electron chi connectivity index (χ2n) is 5.70. The third kappa shape index (κ3) is 3.30. The number of hydrogen-bond acceptors (Lipinski definition) is 7. The van der Waals surface area contributed by atoms with Gasteiger partial charge in [-0.3, -0.25) is 4.98 Å². The summed E-state index contributed by atoms with van der Waals surface area (Å²) in [5.41, 5.74) is 8.15. The van der Waals surface area contributed by atoms with Crippen molar-refractivity contribution in [3.05, 3.63) is 67.1 Å². The monoisotopic (exact) mass is 359 g/mol. The van der Waals surface area contributed by atoms with E-state index in [-0.39, 0.29) is 11.6 Å². The quantitative estimate of drug-likeness (QED) is 0.552. The first-order chi connectivity index (χ1) is 13.3. The molecule has 0 aliphatic rings. The van der Waals surface area contributed by atoms with Crippen molar-refractivity contribution >= 4 is 28.1 Å². The molecule has 0 aliphatic carbocycles. The number of nitrogens with one attached hydrogen (secondary N) is 1. The van der Waals surface area contributed by atoms with Crippen LogP contribution in [0.25, 0.3) is 10.9 Å². The largest absolute Gasteiger partial charge is 0.493 e. The van der Waals surface area contributed by atoms with Crippen LogP contribution in [0.1, 0.15) is 0 Å². The van der Waals surface area contributed by atoms with Gasteiger partial charge in [-0.15, -0.1) is 0 Å². The van der Waals surface area contributed by atoms with E-state index in [1.165, 1.54) is 6.33 Å². The van der Waals surface area contributed by atoms with E-state index in [1.54, 1.807) is 25.4 Å². The smallest absolute Gasteiger partial charge is 0.248 e.